The summed E-state index contributed by atoms with van der Waals surface area (Å²) < 4.78 is 7.22. The molecule has 1 saturated carbocycles. The molecule has 1 aliphatic carbocycles. The number of nitrogens with zero attached hydrogens (tertiary/aromatic N) is 6. The Morgan fingerprint density at radius 2 is 2.06 bits per heavy atom. The predicted molar refractivity (Wildman–Crippen MR) is 116 cm³/mol. The number of rotatable bonds is 7. The molecule has 2 aliphatic rings. The summed E-state index contributed by atoms with van der Waals surface area (Å²) in [6, 6.07) is 5.95. The molecule has 0 radical (unpaired) electrons. The van der Waals surface area contributed by atoms with Gasteiger partial charge in [0.2, 0.25) is 0 Å². The lowest BCUT2D eigenvalue weighted by atomic mass is 10.1. The van der Waals surface area contributed by atoms with Crippen molar-refractivity contribution in [1.82, 2.24) is 29.5 Å². The highest BCUT2D eigenvalue weighted by molar-refractivity contribution is 5.95. The van der Waals surface area contributed by atoms with Crippen molar-refractivity contribution >= 4 is 5.91 Å². The maximum absolute atomic E-state index is 13.4. The van der Waals surface area contributed by atoms with Crippen LogP contribution in [0.2, 0.25) is 0 Å². The molecule has 8 nitrogen and oxygen atoms in total. The van der Waals surface area contributed by atoms with E-state index >= 15 is 0 Å². The maximum Gasteiger partial charge on any atom is 0.257 e. The van der Waals surface area contributed by atoms with E-state index in [4.69, 9.17) is 4.42 Å². The molecular formula is C23H28N6O2. The third-order valence-electron chi connectivity index (χ3n) is 6.39. The molecule has 1 aliphatic heterocycles. The Hall–Kier alpha value is -3.00. The van der Waals surface area contributed by atoms with Crippen molar-refractivity contribution < 1.29 is 9.21 Å². The average molecular weight is 421 g/mol. The highest BCUT2D eigenvalue weighted by Gasteiger charge is 2.37. The summed E-state index contributed by atoms with van der Waals surface area (Å²) in [5.74, 6) is 1.56. The molecule has 2 fully saturated rings. The van der Waals surface area contributed by atoms with Crippen LogP contribution < -0.4 is 0 Å². The Kier molecular flexibility index (Phi) is 5.31. The van der Waals surface area contributed by atoms with E-state index in [9.17, 15) is 4.79 Å². The molecule has 0 spiro atoms. The number of carbonyl (C=O) groups is 1. The van der Waals surface area contributed by atoms with Gasteiger partial charge in [-0.25, -0.2) is 14.6 Å². The van der Waals surface area contributed by atoms with E-state index in [0.29, 0.717) is 34.9 Å². The van der Waals surface area contributed by atoms with E-state index in [1.54, 1.807) is 23.3 Å². The summed E-state index contributed by atoms with van der Waals surface area (Å²) in [6.45, 7) is 7.95. The number of carbonyl (C=O) groups excluding carboxylic acids is 1. The van der Waals surface area contributed by atoms with Crippen LogP contribution in [0.1, 0.15) is 55.1 Å². The number of aromatic nitrogens is 4. The minimum absolute atomic E-state index is 0.0741. The highest BCUT2D eigenvalue weighted by atomic mass is 16.3. The minimum atomic E-state index is 0.0741. The zero-order valence-corrected chi connectivity index (χ0v) is 18.1. The number of amides is 1. The van der Waals surface area contributed by atoms with Crippen LogP contribution in [-0.2, 0) is 0 Å². The zero-order valence-electron chi connectivity index (χ0n) is 18.1. The van der Waals surface area contributed by atoms with Gasteiger partial charge in [-0.1, -0.05) is 13.8 Å². The normalized spacial score (nSPS) is 18.8. The molecular weight excluding hydrogens is 392 g/mol. The topological polar surface area (TPSA) is 80.3 Å². The van der Waals surface area contributed by atoms with Crippen molar-refractivity contribution in [2.45, 2.75) is 45.1 Å². The SMILES string of the molecule is CCN(CC)[C@H]1CCN(C(=O)c2cnn(-c3nccc(-c4ccco4)n3)c2C2CC2)C1. The second-order valence-electron chi connectivity index (χ2n) is 8.26. The van der Waals surface area contributed by atoms with Gasteiger partial charge in [0.25, 0.3) is 11.9 Å². The summed E-state index contributed by atoms with van der Waals surface area (Å²) in [5.41, 5.74) is 2.32. The van der Waals surface area contributed by atoms with Gasteiger partial charge in [0.05, 0.1) is 23.7 Å². The number of hydrogen-bond acceptors (Lipinski definition) is 6. The van der Waals surface area contributed by atoms with Crippen molar-refractivity contribution in [2.75, 3.05) is 26.2 Å². The van der Waals surface area contributed by atoms with E-state index in [-0.39, 0.29) is 5.91 Å². The molecule has 3 aromatic heterocycles. The number of hydrogen-bond donors (Lipinski definition) is 0. The van der Waals surface area contributed by atoms with Crippen molar-refractivity contribution in [3.05, 3.63) is 48.1 Å². The number of likely N-dealkylation sites (N-methyl/N-ethyl adjacent to an activating group) is 1. The van der Waals surface area contributed by atoms with Gasteiger partial charge in [-0.2, -0.15) is 5.10 Å². The Labute approximate surface area is 181 Å². The third-order valence-corrected chi connectivity index (χ3v) is 6.39. The second kappa shape index (κ2) is 8.26. The largest absolute Gasteiger partial charge is 0.463 e. The lowest BCUT2D eigenvalue weighted by Gasteiger charge is -2.26. The lowest BCUT2D eigenvalue weighted by molar-refractivity contribution is 0.0776. The Morgan fingerprint density at radius 1 is 1.23 bits per heavy atom. The number of furan rings is 1. The summed E-state index contributed by atoms with van der Waals surface area (Å²) in [4.78, 5) is 26.9. The molecule has 0 aromatic carbocycles. The fourth-order valence-corrected chi connectivity index (χ4v) is 4.58. The van der Waals surface area contributed by atoms with Gasteiger partial charge in [0.15, 0.2) is 5.76 Å². The zero-order chi connectivity index (χ0) is 21.4. The van der Waals surface area contributed by atoms with Crippen LogP contribution in [0, 0.1) is 0 Å². The minimum Gasteiger partial charge on any atom is -0.463 e. The lowest BCUT2D eigenvalue weighted by Crippen LogP contribution is -2.38. The van der Waals surface area contributed by atoms with Crippen LogP contribution in [-0.4, -0.2) is 67.7 Å². The van der Waals surface area contributed by atoms with Crippen LogP contribution in [0.4, 0.5) is 0 Å². The Balaban J connectivity index is 1.44. The molecule has 1 saturated heterocycles. The van der Waals surface area contributed by atoms with Gasteiger partial charge >= 0.3 is 0 Å². The molecule has 162 valence electrons. The van der Waals surface area contributed by atoms with Gasteiger partial charge < -0.3 is 9.32 Å². The average Bonchev–Trinajstić information content (AvgIpc) is 3.21. The molecule has 5 rings (SSSR count). The molecule has 4 heterocycles. The van der Waals surface area contributed by atoms with Crippen molar-refractivity contribution in [1.29, 1.82) is 0 Å². The molecule has 3 aromatic rings. The van der Waals surface area contributed by atoms with Gasteiger partial charge in [-0.15, -0.1) is 0 Å². The second-order valence-corrected chi connectivity index (χ2v) is 8.26. The predicted octanol–water partition coefficient (Wildman–Crippen LogP) is 3.36. The van der Waals surface area contributed by atoms with E-state index in [1.165, 1.54) is 0 Å². The molecule has 8 heteroatoms. The smallest absolute Gasteiger partial charge is 0.257 e. The molecule has 0 unspecified atom stereocenters. The number of likely N-dealkylation sites (tertiary alicyclic amines) is 1. The fraction of sp³-hybridized carbons (Fsp3) is 0.478. The summed E-state index contributed by atoms with van der Waals surface area (Å²) in [5, 5.41) is 4.55. The van der Waals surface area contributed by atoms with Crippen LogP contribution in [0.15, 0.2) is 41.3 Å². The summed E-state index contributed by atoms with van der Waals surface area (Å²) in [7, 11) is 0. The molecule has 1 amide bonds. The van der Waals surface area contributed by atoms with Crippen molar-refractivity contribution in [3.8, 4) is 17.4 Å². The summed E-state index contributed by atoms with van der Waals surface area (Å²) in [6.07, 6.45) is 8.17. The van der Waals surface area contributed by atoms with Crippen LogP contribution >= 0.6 is 0 Å². The summed E-state index contributed by atoms with van der Waals surface area (Å²) >= 11 is 0. The van der Waals surface area contributed by atoms with Gasteiger partial charge in [0.1, 0.15) is 5.69 Å². The van der Waals surface area contributed by atoms with Crippen LogP contribution in [0.25, 0.3) is 17.4 Å². The van der Waals surface area contributed by atoms with Crippen LogP contribution in [0.3, 0.4) is 0 Å². The van der Waals surface area contributed by atoms with Crippen molar-refractivity contribution in [2.24, 2.45) is 0 Å². The monoisotopic (exact) mass is 420 g/mol. The quantitative estimate of drug-likeness (QED) is 0.583. The van der Waals surface area contributed by atoms with Crippen molar-refractivity contribution in [3.63, 3.8) is 0 Å². The van der Waals surface area contributed by atoms with Gasteiger partial charge in [-0.05, 0) is 50.6 Å². The molecule has 31 heavy (non-hydrogen) atoms. The third kappa shape index (κ3) is 3.76. The molecule has 0 N–H and O–H groups in total. The first-order valence-corrected chi connectivity index (χ1v) is 11.2. The standard InChI is InChI=1S/C23H28N6O2/c1-3-27(4-2)17-10-12-28(15-17)22(30)18-14-25-29(21(18)16-7-8-16)23-24-11-9-19(26-23)20-6-5-13-31-20/h5-6,9,11,13-14,16-17H,3-4,7-8,10,12,15H2,1-2H3/t17-/m0/s1. The van der Waals surface area contributed by atoms with Gasteiger partial charge in [0, 0.05) is 31.2 Å². The van der Waals surface area contributed by atoms with Crippen LogP contribution in [0.5, 0.6) is 0 Å². The molecule has 1 atom stereocenters. The van der Waals surface area contributed by atoms with E-state index in [1.807, 2.05) is 23.1 Å². The Bertz CT molecular complexity index is 1050. The fourth-order valence-electron chi connectivity index (χ4n) is 4.58. The van der Waals surface area contributed by atoms with E-state index < -0.39 is 0 Å². The highest BCUT2D eigenvalue weighted by Crippen LogP contribution is 2.42. The maximum atomic E-state index is 13.4. The first-order chi connectivity index (χ1) is 15.2. The first kappa shape index (κ1) is 19.9. The van der Waals surface area contributed by atoms with E-state index in [0.717, 1.165) is 51.1 Å². The Morgan fingerprint density at radius 3 is 2.77 bits per heavy atom. The van der Waals surface area contributed by atoms with Gasteiger partial charge in [-0.3, -0.25) is 9.69 Å². The van der Waals surface area contributed by atoms with E-state index in [2.05, 4.69) is 33.8 Å². The molecule has 0 bridgehead atoms. The first-order valence-electron chi connectivity index (χ1n) is 11.2.